The summed E-state index contributed by atoms with van der Waals surface area (Å²) in [6.07, 6.45) is 1.53. The Labute approximate surface area is 185 Å². The smallest absolute Gasteiger partial charge is 0.134 e. The van der Waals surface area contributed by atoms with Gasteiger partial charge in [-0.05, 0) is 48.2 Å². The minimum Gasteiger partial charge on any atom is -0.383 e. The predicted octanol–water partition coefficient (Wildman–Crippen LogP) is 4.79. The van der Waals surface area contributed by atoms with Crippen LogP contribution < -0.4 is 5.73 Å². The highest BCUT2D eigenvalue weighted by Gasteiger charge is 2.24. The molecule has 2 aromatic carbocycles. The summed E-state index contributed by atoms with van der Waals surface area (Å²) in [5.41, 5.74) is 8.13. The summed E-state index contributed by atoms with van der Waals surface area (Å²) in [6.45, 7) is 7.44. The van der Waals surface area contributed by atoms with Crippen LogP contribution >= 0.6 is 22.9 Å². The average molecular weight is 438 g/mol. The van der Waals surface area contributed by atoms with Crippen LogP contribution in [0.3, 0.4) is 0 Å². The molecular weight excluding hydrogens is 414 g/mol. The van der Waals surface area contributed by atoms with Gasteiger partial charge in [0.05, 0.1) is 5.52 Å². The molecule has 1 saturated heterocycles. The maximum atomic E-state index is 6.14. The molecule has 7 heteroatoms. The highest BCUT2D eigenvalue weighted by atomic mass is 35.5. The number of fused-ring (bicyclic) bond motifs is 2. The van der Waals surface area contributed by atoms with E-state index >= 15 is 0 Å². The van der Waals surface area contributed by atoms with Crippen LogP contribution in [0.1, 0.15) is 17.4 Å². The summed E-state index contributed by atoms with van der Waals surface area (Å²) < 4.78 is 1.27. The minimum absolute atomic E-state index is 0.506. The third-order valence-corrected chi connectivity index (χ3v) is 7.20. The number of benzene rings is 2. The average Bonchev–Trinajstić information content (AvgIpc) is 3.12. The zero-order valence-electron chi connectivity index (χ0n) is 16.9. The monoisotopic (exact) mass is 437 g/mol. The van der Waals surface area contributed by atoms with Crippen LogP contribution in [0.5, 0.6) is 0 Å². The van der Waals surface area contributed by atoms with Crippen LogP contribution in [0.2, 0.25) is 5.02 Å². The van der Waals surface area contributed by atoms with Gasteiger partial charge in [0.1, 0.15) is 12.1 Å². The van der Waals surface area contributed by atoms with Crippen molar-refractivity contribution < 1.29 is 0 Å². The summed E-state index contributed by atoms with van der Waals surface area (Å²) in [6, 6.07) is 15.3. The Balaban J connectivity index is 1.24. The number of nitrogen functional groups attached to an aromatic ring is 1. The van der Waals surface area contributed by atoms with Gasteiger partial charge in [0.15, 0.2) is 0 Å². The second kappa shape index (κ2) is 8.12. The van der Waals surface area contributed by atoms with Crippen molar-refractivity contribution in [3.8, 4) is 0 Å². The minimum atomic E-state index is 0.506. The zero-order chi connectivity index (χ0) is 20.7. The number of halogens is 1. The fourth-order valence-corrected chi connectivity index (χ4v) is 5.63. The number of piperazine rings is 1. The Morgan fingerprint density at radius 3 is 2.87 bits per heavy atom. The number of thiophene rings is 1. The molecule has 0 aliphatic carbocycles. The Bertz CT molecular complexity index is 1210. The fourth-order valence-electron chi connectivity index (χ4n) is 4.27. The molecule has 1 atom stereocenters. The molecule has 3 heterocycles. The van der Waals surface area contributed by atoms with Gasteiger partial charge in [0.2, 0.25) is 0 Å². The van der Waals surface area contributed by atoms with Crippen LogP contribution in [0.15, 0.2) is 48.8 Å². The molecule has 1 fully saturated rings. The van der Waals surface area contributed by atoms with Crippen molar-refractivity contribution in [3.05, 3.63) is 64.3 Å². The Morgan fingerprint density at radius 1 is 1.10 bits per heavy atom. The van der Waals surface area contributed by atoms with E-state index in [1.54, 1.807) is 0 Å². The molecule has 4 aromatic rings. The summed E-state index contributed by atoms with van der Waals surface area (Å²) in [7, 11) is 0. The van der Waals surface area contributed by atoms with E-state index in [4.69, 9.17) is 17.3 Å². The van der Waals surface area contributed by atoms with Gasteiger partial charge in [0.25, 0.3) is 0 Å². The first kappa shape index (κ1) is 19.7. The molecule has 0 unspecified atom stereocenters. The number of aromatic nitrogens is 2. The Hall–Kier alpha value is -2.25. The summed E-state index contributed by atoms with van der Waals surface area (Å²) in [4.78, 5) is 14.9. The van der Waals surface area contributed by atoms with Crippen molar-refractivity contribution in [1.29, 1.82) is 0 Å². The second-order valence-corrected chi connectivity index (χ2v) is 9.66. The maximum absolute atomic E-state index is 6.14. The summed E-state index contributed by atoms with van der Waals surface area (Å²) in [5.74, 6) is 0.539. The predicted molar refractivity (Wildman–Crippen MR) is 126 cm³/mol. The Morgan fingerprint density at radius 2 is 2.00 bits per heavy atom. The van der Waals surface area contributed by atoms with Crippen molar-refractivity contribution >= 4 is 49.7 Å². The van der Waals surface area contributed by atoms with Crippen LogP contribution in [0.25, 0.3) is 21.0 Å². The molecule has 0 saturated carbocycles. The van der Waals surface area contributed by atoms with Gasteiger partial charge in [-0.2, -0.15) is 0 Å². The van der Waals surface area contributed by atoms with Crippen LogP contribution in [-0.4, -0.2) is 45.4 Å². The van der Waals surface area contributed by atoms with E-state index in [2.05, 4.69) is 57.0 Å². The lowest BCUT2D eigenvalue weighted by molar-refractivity contribution is 0.0741. The first-order valence-corrected chi connectivity index (χ1v) is 11.4. The van der Waals surface area contributed by atoms with Gasteiger partial charge < -0.3 is 5.73 Å². The van der Waals surface area contributed by atoms with Gasteiger partial charge in [-0.15, -0.1) is 11.3 Å². The summed E-state index contributed by atoms with van der Waals surface area (Å²) >= 11 is 7.99. The third-order valence-electron chi connectivity index (χ3n) is 5.88. The Kier molecular flexibility index (Phi) is 5.33. The van der Waals surface area contributed by atoms with Crippen LogP contribution in [0, 0.1) is 0 Å². The van der Waals surface area contributed by atoms with Gasteiger partial charge in [-0.1, -0.05) is 23.7 Å². The lowest BCUT2D eigenvalue weighted by Crippen LogP contribution is -2.50. The number of anilines is 1. The lowest BCUT2D eigenvalue weighted by Gasteiger charge is -2.39. The lowest BCUT2D eigenvalue weighted by atomic mass is 10.1. The highest BCUT2D eigenvalue weighted by Crippen LogP contribution is 2.30. The standard InChI is InChI=1S/C23H24ClN5S/c1-15-11-28(12-16-2-5-20-21(8-16)26-14-27-23(20)25)6-7-29(15)13-19-9-17-3-4-18(24)10-22(17)30-19/h2-5,8-10,14-15H,6-7,11-13H2,1H3,(H2,25,26,27)/t15-/m0/s1. The second-order valence-electron chi connectivity index (χ2n) is 8.06. The molecule has 30 heavy (non-hydrogen) atoms. The van der Waals surface area contributed by atoms with Gasteiger partial charge >= 0.3 is 0 Å². The van der Waals surface area contributed by atoms with Crippen molar-refractivity contribution in [3.63, 3.8) is 0 Å². The normalized spacial score (nSPS) is 18.4. The molecule has 1 aliphatic heterocycles. The topological polar surface area (TPSA) is 58.3 Å². The number of rotatable bonds is 4. The van der Waals surface area contributed by atoms with Crippen LogP contribution in [0.4, 0.5) is 5.82 Å². The molecule has 0 bridgehead atoms. The van der Waals surface area contributed by atoms with Gasteiger partial charge in [0, 0.05) is 58.8 Å². The number of nitrogens with two attached hydrogens (primary N) is 1. The molecular formula is C23H24ClN5S. The molecule has 0 radical (unpaired) electrons. The van der Waals surface area contributed by atoms with E-state index < -0.39 is 0 Å². The van der Waals surface area contributed by atoms with Crippen molar-refractivity contribution in [1.82, 2.24) is 19.8 Å². The van der Waals surface area contributed by atoms with E-state index in [1.807, 2.05) is 23.5 Å². The van der Waals surface area contributed by atoms with Gasteiger partial charge in [-0.3, -0.25) is 9.80 Å². The van der Waals surface area contributed by atoms with Crippen molar-refractivity contribution in [2.45, 2.75) is 26.1 Å². The fraction of sp³-hybridized carbons (Fsp3) is 0.304. The highest BCUT2D eigenvalue weighted by molar-refractivity contribution is 7.19. The van der Waals surface area contributed by atoms with E-state index in [0.717, 1.165) is 48.6 Å². The molecule has 0 spiro atoms. The first-order valence-electron chi connectivity index (χ1n) is 10.2. The molecule has 5 rings (SSSR count). The molecule has 2 N–H and O–H groups in total. The maximum Gasteiger partial charge on any atom is 0.134 e. The first-order chi connectivity index (χ1) is 14.5. The van der Waals surface area contributed by atoms with Gasteiger partial charge in [-0.25, -0.2) is 9.97 Å². The van der Waals surface area contributed by atoms with Crippen molar-refractivity contribution in [2.75, 3.05) is 25.4 Å². The molecule has 5 nitrogen and oxygen atoms in total. The molecule has 1 aliphatic rings. The van der Waals surface area contributed by atoms with Crippen molar-refractivity contribution in [2.24, 2.45) is 0 Å². The summed E-state index contributed by atoms with van der Waals surface area (Å²) in [5, 5.41) is 3.01. The number of nitrogens with zero attached hydrogens (tertiary/aromatic N) is 4. The van der Waals surface area contributed by atoms with E-state index in [1.165, 1.54) is 26.9 Å². The van der Waals surface area contributed by atoms with E-state index in [0.29, 0.717) is 11.9 Å². The molecule has 2 aromatic heterocycles. The van der Waals surface area contributed by atoms with E-state index in [9.17, 15) is 0 Å². The van der Waals surface area contributed by atoms with Crippen LogP contribution in [-0.2, 0) is 13.1 Å². The number of hydrogen-bond acceptors (Lipinski definition) is 6. The third kappa shape index (κ3) is 4.01. The molecule has 0 amide bonds. The number of hydrogen-bond donors (Lipinski definition) is 1. The molecule has 154 valence electrons. The quantitative estimate of drug-likeness (QED) is 0.497. The largest absolute Gasteiger partial charge is 0.383 e. The zero-order valence-corrected chi connectivity index (χ0v) is 18.5. The SMILES string of the molecule is C[C@H]1CN(Cc2ccc3c(N)ncnc3c2)CCN1Cc1cc2ccc(Cl)cc2s1. The van der Waals surface area contributed by atoms with E-state index in [-0.39, 0.29) is 0 Å².